The van der Waals surface area contributed by atoms with Crippen molar-refractivity contribution in [2.24, 2.45) is 0 Å². The maximum Gasteiger partial charge on any atom is 0.350 e. The van der Waals surface area contributed by atoms with Gasteiger partial charge in [-0.15, -0.1) is 5.10 Å². The lowest BCUT2D eigenvalue weighted by Crippen LogP contribution is -2.29. The van der Waals surface area contributed by atoms with E-state index in [0.717, 1.165) is 10.2 Å². The van der Waals surface area contributed by atoms with Gasteiger partial charge in [0.2, 0.25) is 5.91 Å². The van der Waals surface area contributed by atoms with E-state index in [1.54, 1.807) is 19.1 Å². The fraction of sp³-hybridized carbons (Fsp3) is 0.130. The molecular weight excluding hydrogens is 413 g/mol. The van der Waals surface area contributed by atoms with E-state index in [1.807, 2.05) is 30.3 Å². The lowest BCUT2D eigenvalue weighted by molar-refractivity contribution is -0.117. The van der Waals surface area contributed by atoms with Gasteiger partial charge in [-0.2, -0.15) is 0 Å². The average Bonchev–Trinajstić information content (AvgIpc) is 3.09. The summed E-state index contributed by atoms with van der Waals surface area (Å²) in [6.45, 7) is 1.73. The highest BCUT2D eigenvalue weighted by Crippen LogP contribution is 2.15. The number of aryl methyl sites for hydroxylation is 1. The van der Waals surface area contributed by atoms with E-state index in [4.69, 9.17) is 0 Å². The fourth-order valence-corrected chi connectivity index (χ4v) is 3.19. The Bertz CT molecular complexity index is 1360. The molecule has 2 aromatic carbocycles. The minimum Gasteiger partial charge on any atom is -0.348 e. The molecule has 162 valence electrons. The first kappa shape index (κ1) is 21.0. The number of fused-ring (bicyclic) bond motifs is 1. The quantitative estimate of drug-likeness (QED) is 0.488. The molecule has 0 bridgehead atoms. The number of rotatable bonds is 6. The first-order valence-electron chi connectivity index (χ1n) is 9.88. The number of halogens is 1. The molecule has 2 amide bonds. The van der Waals surface area contributed by atoms with Crippen molar-refractivity contribution in [3.05, 3.63) is 99.9 Å². The van der Waals surface area contributed by atoms with Crippen LogP contribution in [-0.4, -0.2) is 26.0 Å². The maximum absolute atomic E-state index is 13.4. The van der Waals surface area contributed by atoms with Crippen LogP contribution in [0.4, 0.5) is 10.1 Å². The van der Waals surface area contributed by atoms with Gasteiger partial charge in [0, 0.05) is 18.4 Å². The number of benzene rings is 2. The molecule has 4 rings (SSSR count). The van der Waals surface area contributed by atoms with Crippen LogP contribution in [-0.2, 0) is 17.9 Å². The summed E-state index contributed by atoms with van der Waals surface area (Å²) in [5.74, 6) is -1.34. The number of hydrogen-bond acceptors (Lipinski definition) is 4. The zero-order chi connectivity index (χ0) is 22.7. The van der Waals surface area contributed by atoms with Crippen LogP contribution < -0.4 is 16.3 Å². The molecule has 2 aromatic heterocycles. The van der Waals surface area contributed by atoms with Crippen molar-refractivity contribution >= 4 is 23.1 Å². The summed E-state index contributed by atoms with van der Waals surface area (Å²) in [5, 5.41) is 9.51. The highest BCUT2D eigenvalue weighted by Gasteiger charge is 2.14. The number of pyridine rings is 1. The summed E-state index contributed by atoms with van der Waals surface area (Å²) < 4.78 is 15.6. The number of nitrogens with one attached hydrogen (secondary N) is 2. The average molecular weight is 433 g/mol. The Morgan fingerprint density at radius 3 is 2.62 bits per heavy atom. The molecule has 0 aliphatic heterocycles. The van der Waals surface area contributed by atoms with Crippen LogP contribution in [0, 0.1) is 12.7 Å². The number of nitrogens with zero attached hydrogens (tertiary/aromatic N) is 3. The Morgan fingerprint density at radius 1 is 1.06 bits per heavy atom. The molecular formula is C23H20FN5O3. The van der Waals surface area contributed by atoms with Gasteiger partial charge < -0.3 is 10.6 Å². The minimum absolute atomic E-state index is 0.287. The topological polar surface area (TPSA) is 97.5 Å². The third-order valence-electron chi connectivity index (χ3n) is 4.90. The normalized spacial score (nSPS) is 10.8. The molecule has 0 saturated heterocycles. The molecule has 32 heavy (non-hydrogen) atoms. The number of amides is 2. The van der Waals surface area contributed by atoms with Crippen LogP contribution >= 0.6 is 0 Å². The second-order valence-electron chi connectivity index (χ2n) is 7.26. The third-order valence-corrected chi connectivity index (χ3v) is 4.90. The maximum atomic E-state index is 13.4. The van der Waals surface area contributed by atoms with E-state index in [-0.39, 0.29) is 18.0 Å². The van der Waals surface area contributed by atoms with Gasteiger partial charge in [-0.05, 0) is 42.3 Å². The lowest BCUT2D eigenvalue weighted by Gasteiger charge is -2.08. The smallest absolute Gasteiger partial charge is 0.348 e. The number of aromatic nitrogens is 3. The van der Waals surface area contributed by atoms with E-state index < -0.39 is 17.4 Å². The van der Waals surface area contributed by atoms with E-state index in [9.17, 15) is 18.8 Å². The zero-order valence-electron chi connectivity index (χ0n) is 17.2. The van der Waals surface area contributed by atoms with Gasteiger partial charge in [0.25, 0.3) is 5.91 Å². The van der Waals surface area contributed by atoms with Crippen molar-refractivity contribution in [2.75, 3.05) is 5.32 Å². The Kier molecular flexibility index (Phi) is 5.80. The summed E-state index contributed by atoms with van der Waals surface area (Å²) in [7, 11) is 0. The van der Waals surface area contributed by atoms with Crippen LogP contribution in [0.1, 0.15) is 21.5 Å². The van der Waals surface area contributed by atoms with E-state index in [2.05, 4.69) is 15.7 Å². The Balaban J connectivity index is 1.49. The van der Waals surface area contributed by atoms with Crippen LogP contribution in [0.2, 0.25) is 0 Å². The van der Waals surface area contributed by atoms with Gasteiger partial charge in [0.05, 0.1) is 5.56 Å². The first-order chi connectivity index (χ1) is 15.4. The molecule has 2 N–H and O–H groups in total. The van der Waals surface area contributed by atoms with Crippen LogP contribution in [0.15, 0.2) is 71.7 Å². The number of hydrogen-bond donors (Lipinski definition) is 2. The third kappa shape index (κ3) is 4.56. The van der Waals surface area contributed by atoms with Gasteiger partial charge in [-0.3, -0.25) is 9.59 Å². The Labute approximate surface area is 182 Å². The molecule has 0 atom stereocenters. The highest BCUT2D eigenvalue weighted by molar-refractivity contribution is 5.94. The molecule has 0 saturated carbocycles. The standard InChI is InChI=1S/C23H20FN5O3/c1-15-7-9-18(24)11-19(15)26-21(30)14-29-23(32)28-13-17(8-10-20(28)27-29)22(31)25-12-16-5-3-2-4-6-16/h2-11,13H,12,14H2,1H3,(H,25,31)(H,26,30). The Morgan fingerprint density at radius 2 is 1.84 bits per heavy atom. The number of carbonyl (C=O) groups is 2. The van der Waals surface area contributed by atoms with Gasteiger partial charge in [0.15, 0.2) is 5.65 Å². The molecule has 0 unspecified atom stereocenters. The van der Waals surface area contributed by atoms with E-state index in [0.29, 0.717) is 23.4 Å². The van der Waals surface area contributed by atoms with E-state index in [1.165, 1.54) is 28.8 Å². The van der Waals surface area contributed by atoms with Crippen molar-refractivity contribution in [3.63, 3.8) is 0 Å². The first-order valence-corrected chi connectivity index (χ1v) is 9.88. The molecule has 9 heteroatoms. The largest absolute Gasteiger partial charge is 0.350 e. The van der Waals surface area contributed by atoms with Gasteiger partial charge in [-0.1, -0.05) is 36.4 Å². The molecule has 0 aliphatic rings. The Hall–Kier alpha value is -4.27. The summed E-state index contributed by atoms with van der Waals surface area (Å²) >= 11 is 0. The molecule has 0 spiro atoms. The van der Waals surface area contributed by atoms with Crippen molar-refractivity contribution in [3.8, 4) is 0 Å². The zero-order valence-corrected chi connectivity index (χ0v) is 17.2. The second-order valence-corrected chi connectivity index (χ2v) is 7.26. The highest BCUT2D eigenvalue weighted by atomic mass is 19.1. The molecule has 8 nitrogen and oxygen atoms in total. The molecule has 4 aromatic rings. The molecule has 0 fully saturated rings. The van der Waals surface area contributed by atoms with Crippen molar-refractivity contribution < 1.29 is 14.0 Å². The monoisotopic (exact) mass is 433 g/mol. The minimum atomic E-state index is -0.566. The summed E-state index contributed by atoms with van der Waals surface area (Å²) in [4.78, 5) is 37.5. The summed E-state index contributed by atoms with van der Waals surface area (Å²) in [6, 6.07) is 16.6. The van der Waals surface area contributed by atoms with Gasteiger partial charge in [-0.25, -0.2) is 18.3 Å². The molecule has 2 heterocycles. The predicted octanol–water partition coefficient (Wildman–Crippen LogP) is 2.51. The van der Waals surface area contributed by atoms with E-state index >= 15 is 0 Å². The fourth-order valence-electron chi connectivity index (χ4n) is 3.19. The second kappa shape index (κ2) is 8.84. The van der Waals surface area contributed by atoms with Gasteiger partial charge in [0.1, 0.15) is 12.4 Å². The van der Waals surface area contributed by atoms with Crippen LogP contribution in [0.25, 0.3) is 5.65 Å². The number of carbonyl (C=O) groups excluding carboxylic acids is 2. The number of anilines is 1. The van der Waals surface area contributed by atoms with Crippen LogP contribution in [0.3, 0.4) is 0 Å². The summed E-state index contributed by atoms with van der Waals surface area (Å²) in [5.41, 5.74) is 1.98. The lowest BCUT2D eigenvalue weighted by atomic mass is 10.2. The predicted molar refractivity (Wildman–Crippen MR) is 117 cm³/mol. The van der Waals surface area contributed by atoms with Crippen molar-refractivity contribution in [1.29, 1.82) is 0 Å². The molecule has 0 aliphatic carbocycles. The van der Waals surface area contributed by atoms with Crippen molar-refractivity contribution in [2.45, 2.75) is 20.0 Å². The molecule has 0 radical (unpaired) electrons. The van der Waals surface area contributed by atoms with Crippen LogP contribution in [0.5, 0.6) is 0 Å². The van der Waals surface area contributed by atoms with Crippen molar-refractivity contribution in [1.82, 2.24) is 19.5 Å². The SMILES string of the molecule is Cc1ccc(F)cc1NC(=O)Cn1nc2ccc(C(=O)NCc3ccccc3)cn2c1=O. The summed E-state index contributed by atoms with van der Waals surface area (Å²) in [6.07, 6.45) is 1.39. The van der Waals surface area contributed by atoms with Gasteiger partial charge >= 0.3 is 5.69 Å².